The number of furan rings is 1. The third-order valence-electron chi connectivity index (χ3n) is 3.70. The molecule has 3 heterocycles. The summed E-state index contributed by atoms with van der Waals surface area (Å²) in [6.45, 7) is 0.899. The number of hydrogen-bond acceptors (Lipinski definition) is 6. The van der Waals surface area contributed by atoms with Crippen LogP contribution in [0.4, 0.5) is 4.79 Å². The first-order valence-electron chi connectivity index (χ1n) is 8.31. The number of imide groups is 1. The highest BCUT2D eigenvalue weighted by Gasteiger charge is 2.35. The van der Waals surface area contributed by atoms with Crippen LogP contribution in [-0.4, -0.2) is 44.6 Å². The van der Waals surface area contributed by atoms with Crippen molar-refractivity contribution in [2.24, 2.45) is 0 Å². The van der Waals surface area contributed by atoms with Crippen LogP contribution in [0.2, 0.25) is 0 Å². The van der Waals surface area contributed by atoms with E-state index in [1.54, 1.807) is 43.1 Å². The smallest absolute Gasteiger partial charge is 0.294 e. The fraction of sp³-hybridized carbons (Fsp3) is 0.222. The third-order valence-corrected chi connectivity index (χ3v) is 4.63. The van der Waals surface area contributed by atoms with E-state index in [-0.39, 0.29) is 17.4 Å². The Morgan fingerprint density at radius 1 is 1.37 bits per heavy atom. The fourth-order valence-electron chi connectivity index (χ4n) is 2.37. The van der Waals surface area contributed by atoms with Crippen molar-refractivity contribution in [3.63, 3.8) is 0 Å². The van der Waals surface area contributed by atoms with Gasteiger partial charge in [0.2, 0.25) is 5.91 Å². The van der Waals surface area contributed by atoms with E-state index in [4.69, 9.17) is 4.42 Å². The fourth-order valence-corrected chi connectivity index (χ4v) is 3.16. The van der Waals surface area contributed by atoms with Gasteiger partial charge in [0.25, 0.3) is 11.1 Å². The van der Waals surface area contributed by atoms with Crippen LogP contribution in [0.25, 0.3) is 6.08 Å². The molecule has 1 saturated heterocycles. The number of rotatable bonds is 8. The van der Waals surface area contributed by atoms with Crippen molar-refractivity contribution >= 4 is 34.9 Å². The number of imidazole rings is 1. The van der Waals surface area contributed by atoms with Crippen LogP contribution in [0.15, 0.2) is 58.6 Å². The number of carbonyl (C=O) groups is 3. The molecule has 0 spiro atoms. The van der Waals surface area contributed by atoms with Crippen LogP contribution >= 0.6 is 11.8 Å². The minimum Gasteiger partial charge on any atom is -0.465 e. The first-order valence-corrected chi connectivity index (χ1v) is 9.13. The molecule has 1 aliphatic heterocycles. The summed E-state index contributed by atoms with van der Waals surface area (Å²) in [5, 5.41) is 2.26. The van der Waals surface area contributed by atoms with E-state index < -0.39 is 11.1 Å². The molecule has 140 valence electrons. The summed E-state index contributed by atoms with van der Waals surface area (Å²) in [6, 6.07) is 3.52. The second-order valence-electron chi connectivity index (χ2n) is 5.67. The highest BCUT2D eigenvalue weighted by molar-refractivity contribution is 8.18. The zero-order chi connectivity index (χ0) is 19.1. The number of allylic oxidation sites excluding steroid dienone is 2. The maximum absolute atomic E-state index is 12.3. The number of nitrogens with one attached hydrogen (secondary N) is 1. The predicted octanol–water partition coefficient (Wildman–Crippen LogP) is 2.28. The average molecular weight is 386 g/mol. The summed E-state index contributed by atoms with van der Waals surface area (Å²) in [7, 11) is 0. The van der Waals surface area contributed by atoms with Gasteiger partial charge in [0, 0.05) is 25.5 Å². The molecule has 0 atom stereocenters. The molecule has 8 nitrogen and oxygen atoms in total. The van der Waals surface area contributed by atoms with Gasteiger partial charge in [-0.1, -0.05) is 6.08 Å². The van der Waals surface area contributed by atoms with Crippen molar-refractivity contribution in [2.75, 3.05) is 13.1 Å². The topological polar surface area (TPSA) is 97.4 Å². The summed E-state index contributed by atoms with van der Waals surface area (Å²) in [6.07, 6.45) is 12.4. The standard InChI is InChI=1S/C18H18N4O4S/c23-16(20-7-3-9-21-10-8-19-13-21)12-22-17(24)15(27-18(22)25)6-1-4-14-5-2-11-26-14/h1-2,4-6,8,10-11,13H,3,7,9,12H2,(H,20,23). The number of thioether (sulfide) groups is 1. The van der Waals surface area contributed by atoms with Crippen LogP contribution < -0.4 is 5.32 Å². The number of hydrogen-bond donors (Lipinski definition) is 1. The Morgan fingerprint density at radius 2 is 2.26 bits per heavy atom. The molecular weight excluding hydrogens is 368 g/mol. The van der Waals surface area contributed by atoms with E-state index in [0.29, 0.717) is 12.3 Å². The van der Waals surface area contributed by atoms with E-state index in [1.807, 2.05) is 10.8 Å². The van der Waals surface area contributed by atoms with Crippen molar-refractivity contribution in [3.8, 4) is 0 Å². The van der Waals surface area contributed by atoms with Gasteiger partial charge in [-0.05, 0) is 42.5 Å². The van der Waals surface area contributed by atoms with Gasteiger partial charge in [0.05, 0.1) is 17.5 Å². The molecule has 1 N–H and O–H groups in total. The lowest BCUT2D eigenvalue weighted by molar-refractivity contribution is -0.129. The summed E-state index contributed by atoms with van der Waals surface area (Å²) in [4.78, 5) is 41.5. The Morgan fingerprint density at radius 3 is 3.00 bits per heavy atom. The highest BCUT2D eigenvalue weighted by atomic mass is 32.2. The van der Waals surface area contributed by atoms with E-state index in [0.717, 1.165) is 29.6 Å². The van der Waals surface area contributed by atoms with Gasteiger partial charge < -0.3 is 14.3 Å². The first-order chi connectivity index (χ1) is 13.1. The zero-order valence-electron chi connectivity index (χ0n) is 14.4. The lowest BCUT2D eigenvalue weighted by atomic mass is 10.3. The molecule has 0 aliphatic carbocycles. The van der Waals surface area contributed by atoms with Crippen molar-refractivity contribution in [2.45, 2.75) is 13.0 Å². The van der Waals surface area contributed by atoms with E-state index in [1.165, 1.54) is 6.08 Å². The minimum atomic E-state index is -0.470. The average Bonchev–Trinajstić information content (AvgIpc) is 3.39. The number of nitrogens with zero attached hydrogens (tertiary/aromatic N) is 3. The van der Waals surface area contributed by atoms with Gasteiger partial charge in [0.15, 0.2) is 0 Å². The van der Waals surface area contributed by atoms with Gasteiger partial charge in [-0.3, -0.25) is 19.3 Å². The Kier molecular flexibility index (Phi) is 6.26. The number of amides is 3. The van der Waals surface area contributed by atoms with E-state index in [2.05, 4.69) is 10.3 Å². The molecule has 0 radical (unpaired) electrons. The largest absolute Gasteiger partial charge is 0.465 e. The maximum atomic E-state index is 12.3. The summed E-state index contributed by atoms with van der Waals surface area (Å²) >= 11 is 0.814. The third kappa shape index (κ3) is 5.20. The molecule has 9 heteroatoms. The Bertz CT molecular complexity index is 856. The molecule has 0 aromatic carbocycles. The number of carbonyl (C=O) groups excluding carboxylic acids is 3. The van der Waals surface area contributed by atoms with Crippen molar-refractivity contribution in [1.29, 1.82) is 0 Å². The summed E-state index contributed by atoms with van der Waals surface area (Å²) < 4.78 is 7.05. The van der Waals surface area contributed by atoms with Crippen molar-refractivity contribution in [3.05, 3.63) is 59.9 Å². The maximum Gasteiger partial charge on any atom is 0.294 e. The van der Waals surface area contributed by atoms with Crippen LogP contribution in [0.5, 0.6) is 0 Å². The normalized spacial score (nSPS) is 16.0. The van der Waals surface area contributed by atoms with Crippen LogP contribution in [0.3, 0.4) is 0 Å². The molecule has 27 heavy (non-hydrogen) atoms. The molecule has 1 fully saturated rings. The van der Waals surface area contributed by atoms with Gasteiger partial charge in [-0.2, -0.15) is 0 Å². The highest BCUT2D eigenvalue weighted by Crippen LogP contribution is 2.30. The first kappa shape index (κ1) is 18.7. The monoisotopic (exact) mass is 386 g/mol. The van der Waals surface area contributed by atoms with Gasteiger partial charge in [-0.15, -0.1) is 0 Å². The Hall–Kier alpha value is -3.07. The van der Waals surface area contributed by atoms with E-state index in [9.17, 15) is 14.4 Å². The molecule has 3 rings (SSSR count). The van der Waals surface area contributed by atoms with Gasteiger partial charge in [0.1, 0.15) is 12.3 Å². The summed E-state index contributed by atoms with van der Waals surface area (Å²) in [5.74, 6) is -0.196. The quantitative estimate of drug-likeness (QED) is 0.552. The molecule has 0 saturated carbocycles. The van der Waals surface area contributed by atoms with E-state index >= 15 is 0 Å². The van der Waals surface area contributed by atoms with Crippen molar-refractivity contribution < 1.29 is 18.8 Å². The van der Waals surface area contributed by atoms with Crippen LogP contribution in [-0.2, 0) is 16.1 Å². The van der Waals surface area contributed by atoms with Gasteiger partial charge in [-0.25, -0.2) is 4.98 Å². The second kappa shape index (κ2) is 9.04. The van der Waals surface area contributed by atoms with Crippen LogP contribution in [0.1, 0.15) is 12.2 Å². The molecule has 2 aromatic rings. The molecule has 0 bridgehead atoms. The predicted molar refractivity (Wildman–Crippen MR) is 100 cm³/mol. The lowest BCUT2D eigenvalue weighted by Gasteiger charge is -2.12. The molecule has 1 aliphatic rings. The van der Waals surface area contributed by atoms with Crippen molar-refractivity contribution in [1.82, 2.24) is 19.8 Å². The molecule has 3 amide bonds. The zero-order valence-corrected chi connectivity index (χ0v) is 15.2. The lowest BCUT2D eigenvalue weighted by Crippen LogP contribution is -2.39. The molecular formula is C18H18N4O4S. The Balaban J connectivity index is 1.45. The minimum absolute atomic E-state index is 0.274. The Labute approximate surface area is 159 Å². The SMILES string of the molecule is O=C(CN1C(=O)SC(=CC=Cc2ccco2)C1=O)NCCCn1ccnc1. The molecule has 2 aromatic heterocycles. The summed E-state index contributed by atoms with van der Waals surface area (Å²) in [5.41, 5.74) is 0. The second-order valence-corrected chi connectivity index (χ2v) is 6.66. The van der Waals surface area contributed by atoms with Gasteiger partial charge >= 0.3 is 0 Å². The molecule has 0 unspecified atom stereocenters. The van der Waals surface area contributed by atoms with Crippen LogP contribution in [0, 0.1) is 0 Å². The number of aromatic nitrogens is 2. The number of aryl methyl sites for hydroxylation is 1.